The Balaban J connectivity index is 2.45. The van der Waals surface area contributed by atoms with Gasteiger partial charge < -0.3 is 16.2 Å². The summed E-state index contributed by atoms with van der Waals surface area (Å²) in [6.07, 6.45) is 1.91. The Kier molecular flexibility index (Phi) is 5.45. The monoisotopic (exact) mass is 274 g/mol. The first-order valence-electron chi connectivity index (χ1n) is 5.24. The fourth-order valence-corrected chi connectivity index (χ4v) is 2.80. The second-order valence-electron chi connectivity index (χ2n) is 4.14. The summed E-state index contributed by atoms with van der Waals surface area (Å²) >= 11 is 2.99. The Morgan fingerprint density at radius 3 is 3.00 bits per heavy atom. The van der Waals surface area contributed by atoms with Crippen molar-refractivity contribution < 1.29 is 9.90 Å². The molecule has 0 saturated heterocycles. The van der Waals surface area contributed by atoms with Crippen molar-refractivity contribution in [2.45, 2.75) is 18.6 Å². The van der Waals surface area contributed by atoms with Crippen LogP contribution < -0.4 is 11.1 Å². The quantitative estimate of drug-likeness (QED) is 0.723. The molecule has 0 saturated carbocycles. The molecule has 2 unspecified atom stereocenters. The molecule has 0 radical (unpaired) electrons. The van der Waals surface area contributed by atoms with Crippen LogP contribution in [0.5, 0.6) is 0 Å². The largest absolute Gasteiger partial charge is 0.387 e. The molecule has 2 atom stereocenters. The summed E-state index contributed by atoms with van der Waals surface area (Å²) in [6, 6.07) is 3.03. The topological polar surface area (TPSA) is 75.3 Å². The molecule has 0 aliphatic rings. The molecular weight excluding hydrogens is 256 g/mol. The van der Waals surface area contributed by atoms with Gasteiger partial charge >= 0.3 is 0 Å². The maximum absolute atomic E-state index is 11.7. The number of aliphatic hydroxyl groups is 1. The van der Waals surface area contributed by atoms with E-state index in [1.165, 1.54) is 23.1 Å². The lowest BCUT2D eigenvalue weighted by Crippen LogP contribution is -2.45. The number of hydrogen-bond donors (Lipinski definition) is 3. The molecule has 1 aromatic rings. The van der Waals surface area contributed by atoms with E-state index in [1.807, 2.05) is 23.8 Å². The van der Waals surface area contributed by atoms with E-state index in [2.05, 4.69) is 5.32 Å². The van der Waals surface area contributed by atoms with Crippen molar-refractivity contribution in [2.75, 3.05) is 18.6 Å². The Bertz CT molecular complexity index is 352. The van der Waals surface area contributed by atoms with Crippen LogP contribution in [0.1, 0.15) is 17.8 Å². The van der Waals surface area contributed by atoms with Crippen molar-refractivity contribution in [2.24, 2.45) is 5.73 Å². The molecule has 0 bridgehead atoms. The number of carbonyl (C=O) groups is 1. The minimum atomic E-state index is -0.899. The van der Waals surface area contributed by atoms with Crippen LogP contribution in [-0.2, 0) is 4.79 Å². The highest BCUT2D eigenvalue weighted by atomic mass is 32.2. The van der Waals surface area contributed by atoms with Crippen molar-refractivity contribution in [3.63, 3.8) is 0 Å². The fourth-order valence-electron chi connectivity index (χ4n) is 1.35. The summed E-state index contributed by atoms with van der Waals surface area (Å²) in [4.78, 5) is 12.6. The lowest BCUT2D eigenvalue weighted by molar-refractivity contribution is -0.123. The summed E-state index contributed by atoms with van der Waals surface area (Å²) < 4.78 is 0. The van der Waals surface area contributed by atoms with E-state index in [-0.39, 0.29) is 12.5 Å². The zero-order valence-electron chi connectivity index (χ0n) is 9.97. The summed E-state index contributed by atoms with van der Waals surface area (Å²) in [5, 5.41) is 14.5. The van der Waals surface area contributed by atoms with E-state index >= 15 is 0 Å². The molecule has 96 valence electrons. The molecule has 0 fully saturated rings. The van der Waals surface area contributed by atoms with Gasteiger partial charge in [0.1, 0.15) is 6.04 Å². The van der Waals surface area contributed by atoms with Gasteiger partial charge in [-0.1, -0.05) is 6.07 Å². The van der Waals surface area contributed by atoms with E-state index in [0.29, 0.717) is 5.75 Å². The van der Waals surface area contributed by atoms with E-state index in [0.717, 1.165) is 4.88 Å². The molecule has 6 heteroatoms. The molecule has 0 aromatic carbocycles. The van der Waals surface area contributed by atoms with Gasteiger partial charge in [-0.2, -0.15) is 11.8 Å². The van der Waals surface area contributed by atoms with Crippen molar-refractivity contribution in [3.8, 4) is 0 Å². The molecule has 1 rings (SSSR count). The number of nitrogens with one attached hydrogen (secondary N) is 1. The Morgan fingerprint density at radius 2 is 2.47 bits per heavy atom. The van der Waals surface area contributed by atoms with Crippen LogP contribution >= 0.6 is 23.1 Å². The minimum Gasteiger partial charge on any atom is -0.387 e. The summed E-state index contributed by atoms with van der Waals surface area (Å²) in [6.45, 7) is 1.91. The predicted molar refractivity (Wildman–Crippen MR) is 73.3 cm³/mol. The average molecular weight is 274 g/mol. The van der Waals surface area contributed by atoms with Crippen LogP contribution in [0.4, 0.5) is 0 Å². The normalized spacial score (nSPS) is 16.2. The van der Waals surface area contributed by atoms with Crippen LogP contribution in [0, 0.1) is 0 Å². The highest BCUT2D eigenvalue weighted by Gasteiger charge is 2.23. The third-order valence-electron chi connectivity index (χ3n) is 2.23. The van der Waals surface area contributed by atoms with E-state index in [1.54, 1.807) is 6.92 Å². The van der Waals surface area contributed by atoms with Crippen molar-refractivity contribution in [1.82, 2.24) is 5.32 Å². The number of carbonyl (C=O) groups excluding carboxylic acids is 1. The average Bonchev–Trinajstić information content (AvgIpc) is 2.78. The van der Waals surface area contributed by atoms with E-state index < -0.39 is 11.6 Å². The van der Waals surface area contributed by atoms with Gasteiger partial charge in [-0.15, -0.1) is 11.3 Å². The zero-order valence-corrected chi connectivity index (χ0v) is 11.6. The van der Waals surface area contributed by atoms with Gasteiger partial charge in [-0.3, -0.25) is 4.79 Å². The molecule has 1 heterocycles. The first kappa shape index (κ1) is 14.5. The van der Waals surface area contributed by atoms with Gasteiger partial charge in [-0.25, -0.2) is 0 Å². The predicted octanol–water partition coefficient (Wildman–Crippen LogP) is 0.978. The maximum Gasteiger partial charge on any atom is 0.242 e. The van der Waals surface area contributed by atoms with Gasteiger partial charge in [0.2, 0.25) is 5.91 Å². The summed E-state index contributed by atoms with van der Waals surface area (Å²) in [5.41, 5.74) is 4.90. The van der Waals surface area contributed by atoms with Crippen LogP contribution in [0.15, 0.2) is 17.5 Å². The first-order valence-corrected chi connectivity index (χ1v) is 7.51. The molecule has 0 aliphatic heterocycles. The molecule has 0 aliphatic carbocycles. The first-order chi connectivity index (χ1) is 7.96. The number of nitrogens with two attached hydrogens (primary N) is 1. The van der Waals surface area contributed by atoms with E-state index in [9.17, 15) is 9.90 Å². The Hall–Kier alpha value is -0.560. The molecule has 17 heavy (non-hydrogen) atoms. The van der Waals surface area contributed by atoms with Gasteiger partial charge in [0.05, 0.1) is 5.60 Å². The SMILES string of the molecule is CSCC(C)(O)CNC(=O)C(N)c1cccs1. The molecule has 1 amide bonds. The van der Waals surface area contributed by atoms with Gasteiger partial charge in [0, 0.05) is 17.2 Å². The van der Waals surface area contributed by atoms with Crippen LogP contribution in [0.25, 0.3) is 0 Å². The highest BCUT2D eigenvalue weighted by molar-refractivity contribution is 7.98. The zero-order chi connectivity index (χ0) is 12.9. The van der Waals surface area contributed by atoms with Gasteiger partial charge in [0.15, 0.2) is 0 Å². The molecule has 4 N–H and O–H groups in total. The second kappa shape index (κ2) is 6.39. The summed E-state index contributed by atoms with van der Waals surface area (Å²) in [7, 11) is 0. The molecular formula is C11H18N2O2S2. The number of thiophene rings is 1. The Labute approximate surface area is 110 Å². The molecule has 1 aromatic heterocycles. The van der Waals surface area contributed by atoms with Crippen LogP contribution in [0.3, 0.4) is 0 Å². The van der Waals surface area contributed by atoms with Crippen molar-refractivity contribution >= 4 is 29.0 Å². The molecule has 0 spiro atoms. The van der Waals surface area contributed by atoms with Crippen molar-refractivity contribution in [3.05, 3.63) is 22.4 Å². The van der Waals surface area contributed by atoms with Crippen LogP contribution in [0.2, 0.25) is 0 Å². The number of hydrogen-bond acceptors (Lipinski definition) is 5. The van der Waals surface area contributed by atoms with Crippen molar-refractivity contribution in [1.29, 1.82) is 0 Å². The number of rotatable bonds is 6. The fraction of sp³-hybridized carbons (Fsp3) is 0.545. The summed E-state index contributed by atoms with van der Waals surface area (Å²) in [5.74, 6) is 0.315. The van der Waals surface area contributed by atoms with Gasteiger partial charge in [0.25, 0.3) is 0 Å². The molecule has 4 nitrogen and oxygen atoms in total. The lowest BCUT2D eigenvalue weighted by Gasteiger charge is -2.23. The lowest BCUT2D eigenvalue weighted by atomic mass is 10.1. The Morgan fingerprint density at radius 1 is 1.76 bits per heavy atom. The maximum atomic E-state index is 11.7. The second-order valence-corrected chi connectivity index (χ2v) is 5.99. The van der Waals surface area contributed by atoms with Gasteiger partial charge in [-0.05, 0) is 24.6 Å². The number of thioether (sulfide) groups is 1. The van der Waals surface area contributed by atoms with Crippen LogP contribution in [-0.4, -0.2) is 35.2 Å². The number of amides is 1. The third kappa shape index (κ3) is 4.67. The van der Waals surface area contributed by atoms with E-state index in [4.69, 9.17) is 5.73 Å². The smallest absolute Gasteiger partial charge is 0.242 e. The minimum absolute atomic E-state index is 0.214. The third-order valence-corrected chi connectivity index (χ3v) is 4.10. The standard InChI is InChI=1S/C11H18N2O2S2/c1-11(15,7-16-2)6-13-10(14)9(12)8-4-3-5-17-8/h3-5,9,15H,6-7,12H2,1-2H3,(H,13,14). The highest BCUT2D eigenvalue weighted by Crippen LogP contribution is 2.17.